The second kappa shape index (κ2) is 976. The maximum atomic E-state index is 7.36. The van der Waals surface area contributed by atoms with E-state index in [1.54, 1.807) is 0 Å². The van der Waals surface area contributed by atoms with E-state index in [1.807, 2.05) is 0 Å². The Labute approximate surface area is 63.8 Å². The summed E-state index contributed by atoms with van der Waals surface area (Å²) in [6.07, 6.45) is 0. The molecule has 0 bridgehead atoms. The summed E-state index contributed by atoms with van der Waals surface area (Å²) >= 11 is 3.92. The zero-order chi connectivity index (χ0) is 8.71. The molecule has 0 N–H and O–H groups in total. The van der Waals surface area contributed by atoms with Crippen molar-refractivity contribution in [1.82, 2.24) is 0 Å². The Kier molecular flexibility index (Phi) is 2550. The molecule has 0 amide bonds. The third-order valence-corrected chi connectivity index (χ3v) is 0. The molecule has 0 unspecified atom stereocenters. The molecule has 0 aliphatic rings. The van der Waals surface area contributed by atoms with Crippen LogP contribution in [-0.2, 0) is 11.8 Å². The Balaban J connectivity index is -0.0000000190. The van der Waals surface area contributed by atoms with Crippen molar-refractivity contribution in [2.75, 3.05) is 0 Å². The molecule has 52 valence electrons. The average molecular weight is 161 g/mol. The second-order valence-corrected chi connectivity index (χ2v) is 0.735. The van der Waals surface area contributed by atoms with Gasteiger partial charge in [0.1, 0.15) is 0 Å². The van der Waals surface area contributed by atoms with Crippen LogP contribution in [0.2, 0.25) is 0 Å². The van der Waals surface area contributed by atoms with E-state index < -0.39 is 0 Å². The number of hydrogen-bond donors (Lipinski definition) is 0. The van der Waals surface area contributed by atoms with Crippen molar-refractivity contribution >= 4 is 18.8 Å². The van der Waals surface area contributed by atoms with Gasteiger partial charge in [-0.2, -0.15) is 0 Å². The third-order valence-electron chi connectivity index (χ3n) is 0. The first-order chi connectivity index (χ1) is 4.41. The first-order valence-corrected chi connectivity index (χ1v) is 3.74. The second-order valence-electron chi connectivity index (χ2n) is 0.0816. The summed E-state index contributed by atoms with van der Waals surface area (Å²) in [5.74, 6) is 0. The molecule has 0 radical (unpaired) electrons. The Morgan fingerprint density at radius 2 is 0.889 bits per heavy atom. The van der Waals surface area contributed by atoms with Gasteiger partial charge in [0.2, 0.25) is 0 Å². The standard InChI is InChI=1S/3C2H4.NPS/c3*1-2;1-2-3/h3*1-2H2;. The topological polar surface area (TPSA) is 23.8 Å². The van der Waals surface area contributed by atoms with E-state index in [4.69, 9.17) is 5.00 Å². The van der Waals surface area contributed by atoms with Crippen LogP contribution >= 0.6 is 6.99 Å². The Morgan fingerprint density at radius 3 is 0.889 bits per heavy atom. The van der Waals surface area contributed by atoms with E-state index >= 15 is 0 Å². The average Bonchev–Trinajstić information content (AvgIpc) is 2.01. The van der Waals surface area contributed by atoms with E-state index in [9.17, 15) is 0 Å². The fraction of sp³-hybridized carbons (Fsp3) is 0. The van der Waals surface area contributed by atoms with Crippen molar-refractivity contribution in [1.29, 1.82) is 5.00 Å². The van der Waals surface area contributed by atoms with Crippen LogP contribution in [-0.4, -0.2) is 0 Å². The molecular weight excluding hydrogens is 149 g/mol. The monoisotopic (exact) mass is 161 g/mol. The van der Waals surface area contributed by atoms with Crippen LogP contribution in [0.3, 0.4) is 0 Å². The van der Waals surface area contributed by atoms with Gasteiger partial charge < -0.3 is 0 Å². The molecule has 0 heterocycles. The van der Waals surface area contributed by atoms with Crippen molar-refractivity contribution in [2.24, 2.45) is 0 Å². The van der Waals surface area contributed by atoms with Gasteiger partial charge in [-0.1, -0.05) is 0 Å². The van der Waals surface area contributed by atoms with Crippen LogP contribution < -0.4 is 0 Å². The maximum absolute atomic E-state index is 7.36. The molecular formula is C6H12NPS. The summed E-state index contributed by atoms with van der Waals surface area (Å²) in [6, 6.07) is 0. The molecule has 1 nitrogen and oxygen atoms in total. The van der Waals surface area contributed by atoms with Crippen LogP contribution in [0.1, 0.15) is 0 Å². The van der Waals surface area contributed by atoms with Crippen LogP contribution in [0.4, 0.5) is 0 Å². The first kappa shape index (κ1) is 23.5. The summed E-state index contributed by atoms with van der Waals surface area (Å²) in [5.41, 5.74) is 0. The van der Waals surface area contributed by atoms with Gasteiger partial charge in [-0.3, -0.25) is 0 Å². The van der Waals surface area contributed by atoms with Gasteiger partial charge in [-0.15, -0.1) is 39.5 Å². The molecule has 0 fully saturated rings. The zero-order valence-corrected chi connectivity index (χ0v) is 7.26. The molecule has 0 rings (SSSR count). The molecule has 0 saturated heterocycles. The van der Waals surface area contributed by atoms with Gasteiger partial charge >= 0.3 is 23.8 Å². The molecule has 0 atom stereocenters. The van der Waals surface area contributed by atoms with Crippen molar-refractivity contribution < 1.29 is 0 Å². The van der Waals surface area contributed by atoms with E-state index in [0.717, 1.165) is 0 Å². The Bertz CT molecular complexity index is 84.2. The minimum atomic E-state index is 0. The molecule has 0 aromatic carbocycles. The Hall–Kier alpha value is -0.420. The molecule has 0 aromatic heterocycles. The van der Waals surface area contributed by atoms with Crippen LogP contribution in [0, 0.1) is 5.00 Å². The summed E-state index contributed by atoms with van der Waals surface area (Å²) < 4.78 is 0. The predicted octanol–water partition coefficient (Wildman–Crippen LogP) is 3.28. The van der Waals surface area contributed by atoms with Gasteiger partial charge in [0.25, 0.3) is 0 Å². The van der Waals surface area contributed by atoms with Gasteiger partial charge in [-0.25, -0.2) is 0 Å². The van der Waals surface area contributed by atoms with E-state index in [0.29, 0.717) is 0 Å². The van der Waals surface area contributed by atoms with E-state index in [2.05, 4.69) is 51.3 Å². The van der Waals surface area contributed by atoms with Gasteiger partial charge in [-0.05, 0) is 0 Å². The summed E-state index contributed by atoms with van der Waals surface area (Å²) in [6.45, 7) is 18.0. The summed E-state index contributed by atoms with van der Waals surface area (Å²) in [5, 5.41) is 7.36. The van der Waals surface area contributed by atoms with Crippen molar-refractivity contribution in [3.8, 4) is 0 Å². The predicted molar refractivity (Wildman–Crippen MR) is 49.8 cm³/mol. The molecule has 0 spiro atoms. The van der Waals surface area contributed by atoms with Crippen LogP contribution in [0.5, 0.6) is 0 Å². The van der Waals surface area contributed by atoms with Gasteiger partial charge in [0, 0.05) is 0 Å². The minimum absolute atomic E-state index is 0. The van der Waals surface area contributed by atoms with E-state index in [1.165, 1.54) is 0 Å². The third kappa shape index (κ3) is 1340. The molecule has 9 heavy (non-hydrogen) atoms. The molecule has 0 aromatic rings. The van der Waals surface area contributed by atoms with Crippen LogP contribution in [0.25, 0.3) is 0 Å². The zero-order valence-electron chi connectivity index (χ0n) is 5.55. The normalized spacial score (nSPS) is 2.56. The molecule has 0 aliphatic carbocycles. The fourth-order valence-corrected chi connectivity index (χ4v) is 0. The molecule has 0 saturated carbocycles. The molecule has 0 aliphatic heterocycles. The van der Waals surface area contributed by atoms with Gasteiger partial charge in [0.15, 0.2) is 0 Å². The SMILES string of the molecule is C=C.C=C.C=C.N#P=S. The first-order valence-electron chi connectivity index (χ1n) is 1.88. The van der Waals surface area contributed by atoms with E-state index in [-0.39, 0.29) is 6.99 Å². The van der Waals surface area contributed by atoms with Crippen LogP contribution in [0.15, 0.2) is 39.5 Å². The Morgan fingerprint density at radius 1 is 0.889 bits per heavy atom. The summed E-state index contributed by atoms with van der Waals surface area (Å²) in [4.78, 5) is 0. The molecule has 3 heteroatoms. The van der Waals surface area contributed by atoms with Crippen molar-refractivity contribution in [3.05, 3.63) is 39.5 Å². The van der Waals surface area contributed by atoms with Gasteiger partial charge in [0.05, 0.1) is 0 Å². The van der Waals surface area contributed by atoms with Crippen molar-refractivity contribution in [3.63, 3.8) is 0 Å². The van der Waals surface area contributed by atoms with Crippen molar-refractivity contribution in [2.45, 2.75) is 0 Å². The number of rotatable bonds is 0. The number of nitrogens with zero attached hydrogens (tertiary/aromatic N) is 1. The number of hydrogen-bond acceptors (Lipinski definition) is 2. The quantitative estimate of drug-likeness (QED) is 0.402. The fourth-order valence-electron chi connectivity index (χ4n) is 0. The summed E-state index contributed by atoms with van der Waals surface area (Å²) in [7, 11) is 0.